The summed E-state index contributed by atoms with van der Waals surface area (Å²) in [4.78, 5) is 2.95. The number of nitrogens with zero attached hydrogens (tertiary/aromatic N) is 1. The first-order valence-electron chi connectivity index (χ1n) is 3.94. The van der Waals surface area contributed by atoms with Gasteiger partial charge in [-0.05, 0) is 18.6 Å². The molecule has 1 aromatic rings. The third-order valence-electron chi connectivity index (χ3n) is 1.25. The molecule has 0 aromatic carbocycles. The molecule has 0 saturated heterocycles. The van der Waals surface area contributed by atoms with Crippen LogP contribution < -0.4 is 0 Å². The van der Waals surface area contributed by atoms with Crippen molar-refractivity contribution >= 4 is 0 Å². The minimum absolute atomic E-state index is 0.645. The molecule has 11 heavy (non-hydrogen) atoms. The van der Waals surface area contributed by atoms with Crippen LogP contribution in [0.5, 0.6) is 0 Å². The van der Waals surface area contributed by atoms with Gasteiger partial charge in [-0.2, -0.15) is 5.26 Å². The monoisotopic (exact) mass is 150 g/mol. The predicted molar refractivity (Wildman–Crippen MR) is 46.2 cm³/mol. The number of aryl methyl sites for hydroxylation is 1. The molecule has 0 fully saturated rings. The van der Waals surface area contributed by atoms with E-state index in [9.17, 15) is 0 Å². The second-order valence-electron chi connectivity index (χ2n) is 1.86. The molecule has 0 aliphatic carbocycles. The molecule has 0 aliphatic rings. The molecule has 1 N–H and O–H groups in total. The highest BCUT2D eigenvalue weighted by molar-refractivity contribution is 5.23. The van der Waals surface area contributed by atoms with Crippen LogP contribution in [-0.4, -0.2) is 4.98 Å². The summed E-state index contributed by atoms with van der Waals surface area (Å²) in [6.45, 7) is 6.05. The van der Waals surface area contributed by atoms with Gasteiger partial charge in [0.25, 0.3) is 0 Å². The van der Waals surface area contributed by atoms with E-state index in [0.29, 0.717) is 5.69 Å². The van der Waals surface area contributed by atoms with E-state index >= 15 is 0 Å². The van der Waals surface area contributed by atoms with Gasteiger partial charge in [-0.3, -0.25) is 0 Å². The number of hydrogen-bond acceptors (Lipinski definition) is 1. The van der Waals surface area contributed by atoms with Gasteiger partial charge in [0.15, 0.2) is 0 Å². The molecule has 0 amide bonds. The van der Waals surface area contributed by atoms with Gasteiger partial charge >= 0.3 is 0 Å². The van der Waals surface area contributed by atoms with Crippen molar-refractivity contribution in [3.63, 3.8) is 0 Å². The van der Waals surface area contributed by atoms with E-state index in [0.717, 1.165) is 12.1 Å². The molecule has 2 nitrogen and oxygen atoms in total. The zero-order valence-corrected chi connectivity index (χ0v) is 7.31. The number of aromatic nitrogens is 1. The van der Waals surface area contributed by atoms with E-state index < -0.39 is 0 Å². The zero-order chi connectivity index (χ0) is 8.69. The van der Waals surface area contributed by atoms with Gasteiger partial charge in [0.2, 0.25) is 0 Å². The number of aromatic amines is 1. The van der Waals surface area contributed by atoms with Crippen molar-refractivity contribution in [3.8, 4) is 6.07 Å². The Labute approximate surface area is 67.9 Å². The second-order valence-corrected chi connectivity index (χ2v) is 1.86. The largest absolute Gasteiger partial charge is 0.350 e. The highest BCUT2D eigenvalue weighted by Gasteiger charge is 1.91. The minimum atomic E-state index is 0.645. The number of nitrogens with one attached hydrogen (secondary N) is 1. The van der Waals surface area contributed by atoms with E-state index in [1.807, 2.05) is 32.9 Å². The molecular formula is C9H14N2. The molecular weight excluding hydrogens is 136 g/mol. The Balaban J connectivity index is 0.000000461. The summed E-state index contributed by atoms with van der Waals surface area (Å²) in [6.07, 6.45) is 0.960. The standard InChI is InChI=1S/C7H8N2.C2H6/c1-2-6-3-4-7(5-8)9-6;1-2/h3-4,9H,2H2,1H3;1-2H3. The summed E-state index contributed by atoms with van der Waals surface area (Å²) < 4.78 is 0. The van der Waals surface area contributed by atoms with Crippen molar-refractivity contribution in [2.75, 3.05) is 0 Å². The summed E-state index contributed by atoms with van der Waals surface area (Å²) in [5.41, 5.74) is 1.76. The number of rotatable bonds is 1. The number of nitriles is 1. The van der Waals surface area contributed by atoms with Gasteiger partial charge in [-0.1, -0.05) is 20.8 Å². The number of H-pyrrole nitrogens is 1. The summed E-state index contributed by atoms with van der Waals surface area (Å²) in [5, 5.41) is 8.37. The Morgan fingerprint density at radius 2 is 2.09 bits per heavy atom. The smallest absolute Gasteiger partial charge is 0.117 e. The van der Waals surface area contributed by atoms with Crippen molar-refractivity contribution in [2.24, 2.45) is 0 Å². The quantitative estimate of drug-likeness (QED) is 0.656. The third-order valence-corrected chi connectivity index (χ3v) is 1.25. The summed E-state index contributed by atoms with van der Waals surface area (Å²) >= 11 is 0. The fourth-order valence-electron chi connectivity index (χ4n) is 0.712. The topological polar surface area (TPSA) is 39.6 Å². The van der Waals surface area contributed by atoms with Crippen LogP contribution in [0.3, 0.4) is 0 Å². The highest BCUT2D eigenvalue weighted by atomic mass is 14.7. The predicted octanol–water partition coefficient (Wildman–Crippen LogP) is 2.47. The minimum Gasteiger partial charge on any atom is -0.350 e. The van der Waals surface area contributed by atoms with Gasteiger partial charge in [0.05, 0.1) is 0 Å². The maximum Gasteiger partial charge on any atom is 0.117 e. The first-order valence-corrected chi connectivity index (χ1v) is 3.94. The lowest BCUT2D eigenvalue weighted by molar-refractivity contribution is 1.06. The summed E-state index contributed by atoms with van der Waals surface area (Å²) in [7, 11) is 0. The van der Waals surface area contributed by atoms with Crippen LogP contribution in [-0.2, 0) is 6.42 Å². The van der Waals surface area contributed by atoms with Crippen molar-refractivity contribution in [3.05, 3.63) is 23.5 Å². The first-order chi connectivity index (χ1) is 5.36. The molecule has 0 atom stereocenters. The molecule has 0 bridgehead atoms. The van der Waals surface area contributed by atoms with E-state index in [4.69, 9.17) is 5.26 Å². The Kier molecular flexibility index (Phi) is 4.93. The van der Waals surface area contributed by atoms with Crippen molar-refractivity contribution in [1.82, 2.24) is 4.98 Å². The maximum absolute atomic E-state index is 8.37. The van der Waals surface area contributed by atoms with E-state index in [1.54, 1.807) is 6.07 Å². The average Bonchev–Trinajstić information content (AvgIpc) is 2.55. The second kappa shape index (κ2) is 5.55. The fourth-order valence-corrected chi connectivity index (χ4v) is 0.712. The SMILES string of the molecule is CC.CCc1ccc(C#N)[nH]1. The fraction of sp³-hybridized carbons (Fsp3) is 0.444. The first kappa shape index (κ1) is 9.77. The molecule has 1 rings (SSSR count). The summed E-state index contributed by atoms with van der Waals surface area (Å²) in [5.74, 6) is 0. The van der Waals surface area contributed by atoms with Crippen molar-refractivity contribution < 1.29 is 0 Å². The molecule has 0 saturated carbocycles. The van der Waals surface area contributed by atoms with E-state index in [-0.39, 0.29) is 0 Å². The zero-order valence-electron chi connectivity index (χ0n) is 7.31. The lowest BCUT2D eigenvalue weighted by Gasteiger charge is -1.83. The Morgan fingerprint density at radius 1 is 1.45 bits per heavy atom. The molecule has 60 valence electrons. The van der Waals surface area contributed by atoms with Crippen molar-refractivity contribution in [2.45, 2.75) is 27.2 Å². The van der Waals surface area contributed by atoms with Gasteiger partial charge < -0.3 is 4.98 Å². The highest BCUT2D eigenvalue weighted by Crippen LogP contribution is 1.99. The van der Waals surface area contributed by atoms with E-state index in [2.05, 4.69) is 4.98 Å². The van der Waals surface area contributed by atoms with Gasteiger partial charge in [0, 0.05) is 5.69 Å². The lowest BCUT2D eigenvalue weighted by Crippen LogP contribution is -1.77. The molecule has 0 spiro atoms. The van der Waals surface area contributed by atoms with Crippen LogP contribution >= 0.6 is 0 Å². The molecule has 1 heterocycles. The number of hydrogen-bond donors (Lipinski definition) is 1. The Bertz CT molecular complexity index is 230. The van der Waals surface area contributed by atoms with Crippen LogP contribution in [0, 0.1) is 11.3 Å². The molecule has 0 radical (unpaired) electrons. The molecule has 1 aromatic heterocycles. The maximum atomic E-state index is 8.37. The summed E-state index contributed by atoms with van der Waals surface area (Å²) in [6, 6.07) is 5.75. The van der Waals surface area contributed by atoms with Gasteiger partial charge in [-0.25, -0.2) is 0 Å². The van der Waals surface area contributed by atoms with Crippen LogP contribution in [0.25, 0.3) is 0 Å². The average molecular weight is 150 g/mol. The van der Waals surface area contributed by atoms with Gasteiger partial charge in [0.1, 0.15) is 11.8 Å². The van der Waals surface area contributed by atoms with Crippen LogP contribution in [0.2, 0.25) is 0 Å². The van der Waals surface area contributed by atoms with Crippen molar-refractivity contribution in [1.29, 1.82) is 5.26 Å². The third kappa shape index (κ3) is 2.90. The Hall–Kier alpha value is -1.23. The molecule has 0 unspecified atom stereocenters. The Morgan fingerprint density at radius 3 is 2.36 bits per heavy atom. The molecule has 0 aliphatic heterocycles. The molecule has 2 heteroatoms. The van der Waals surface area contributed by atoms with Crippen LogP contribution in [0.15, 0.2) is 12.1 Å². The van der Waals surface area contributed by atoms with Gasteiger partial charge in [-0.15, -0.1) is 0 Å². The normalized spacial score (nSPS) is 7.82. The van der Waals surface area contributed by atoms with E-state index in [1.165, 1.54) is 0 Å². The van der Waals surface area contributed by atoms with Crippen LogP contribution in [0.4, 0.5) is 0 Å². The lowest BCUT2D eigenvalue weighted by atomic mass is 10.3. The van der Waals surface area contributed by atoms with Crippen LogP contribution in [0.1, 0.15) is 32.2 Å².